The number of amides is 2. The van der Waals surface area contributed by atoms with Crippen LogP contribution in [0.1, 0.15) is 17.9 Å². The van der Waals surface area contributed by atoms with Gasteiger partial charge in [-0.05, 0) is 12.1 Å². The molecule has 2 aliphatic heterocycles. The first-order chi connectivity index (χ1) is 13.9. The zero-order valence-corrected chi connectivity index (χ0v) is 15.2. The normalized spacial score (nSPS) is 18.8. The van der Waals surface area contributed by atoms with Gasteiger partial charge in [0, 0.05) is 31.3 Å². The van der Waals surface area contributed by atoms with E-state index in [0.29, 0.717) is 37.8 Å². The molecule has 152 valence electrons. The van der Waals surface area contributed by atoms with Gasteiger partial charge in [0.05, 0.1) is 24.7 Å². The Labute approximate surface area is 164 Å². The SMILES string of the molecule is Nc1nc(N2CCOCC2)nc2c1[C@@H](C(=O)Nc1ccc(F)c(F)c1)CC(=O)N2. The minimum Gasteiger partial charge on any atom is -0.383 e. The number of nitrogen functional groups attached to an aromatic ring is 1. The minimum atomic E-state index is -1.09. The molecule has 0 saturated carbocycles. The molecule has 0 unspecified atom stereocenters. The molecule has 1 fully saturated rings. The number of aromatic nitrogens is 2. The molecule has 1 atom stereocenters. The lowest BCUT2D eigenvalue weighted by molar-refractivity contribution is -0.123. The summed E-state index contributed by atoms with van der Waals surface area (Å²) >= 11 is 0. The molecule has 29 heavy (non-hydrogen) atoms. The Hall–Kier alpha value is -3.34. The predicted molar refractivity (Wildman–Crippen MR) is 100 cm³/mol. The van der Waals surface area contributed by atoms with Crippen molar-refractivity contribution in [2.75, 3.05) is 47.6 Å². The Morgan fingerprint density at radius 3 is 2.72 bits per heavy atom. The lowest BCUT2D eigenvalue weighted by atomic mass is 9.92. The average Bonchev–Trinajstić information content (AvgIpc) is 2.70. The largest absolute Gasteiger partial charge is 0.383 e. The van der Waals surface area contributed by atoms with Crippen LogP contribution in [0, 0.1) is 11.6 Å². The van der Waals surface area contributed by atoms with Gasteiger partial charge in [0.25, 0.3) is 0 Å². The van der Waals surface area contributed by atoms with Crippen molar-refractivity contribution in [2.45, 2.75) is 12.3 Å². The number of ether oxygens (including phenoxy) is 1. The molecule has 4 N–H and O–H groups in total. The summed E-state index contributed by atoms with van der Waals surface area (Å²) < 4.78 is 31.8. The second-order valence-corrected chi connectivity index (χ2v) is 6.69. The number of morpholine rings is 1. The average molecular weight is 404 g/mol. The summed E-state index contributed by atoms with van der Waals surface area (Å²) in [6, 6.07) is 2.98. The number of nitrogens with two attached hydrogens (primary N) is 1. The molecule has 2 amide bonds. The summed E-state index contributed by atoms with van der Waals surface area (Å²) in [6.45, 7) is 2.19. The third-order valence-electron chi connectivity index (χ3n) is 4.76. The number of carbonyl (C=O) groups is 2. The number of hydrogen-bond acceptors (Lipinski definition) is 7. The number of carbonyl (C=O) groups excluding carboxylic acids is 2. The summed E-state index contributed by atoms with van der Waals surface area (Å²) in [4.78, 5) is 35.5. The van der Waals surface area contributed by atoms with Crippen LogP contribution in [0.5, 0.6) is 0 Å². The molecule has 0 bridgehead atoms. The maximum absolute atomic E-state index is 13.4. The summed E-state index contributed by atoms with van der Waals surface area (Å²) in [6.07, 6.45) is -0.174. The van der Waals surface area contributed by atoms with Crippen LogP contribution in [-0.4, -0.2) is 48.1 Å². The number of hydrogen-bond donors (Lipinski definition) is 3. The van der Waals surface area contributed by atoms with Gasteiger partial charge in [0.1, 0.15) is 11.6 Å². The predicted octanol–water partition coefficient (Wildman–Crippen LogP) is 1.24. The van der Waals surface area contributed by atoms with Crippen LogP contribution in [-0.2, 0) is 14.3 Å². The molecule has 9 nitrogen and oxygen atoms in total. The Morgan fingerprint density at radius 1 is 1.24 bits per heavy atom. The third kappa shape index (κ3) is 3.81. The highest BCUT2D eigenvalue weighted by atomic mass is 19.2. The molecule has 0 aliphatic carbocycles. The first-order valence-electron chi connectivity index (χ1n) is 8.98. The smallest absolute Gasteiger partial charge is 0.232 e. The van der Waals surface area contributed by atoms with Crippen LogP contribution < -0.4 is 21.3 Å². The summed E-state index contributed by atoms with van der Waals surface area (Å²) in [5.41, 5.74) is 6.46. The van der Waals surface area contributed by atoms with Crippen LogP contribution in [0.15, 0.2) is 18.2 Å². The number of nitrogens with zero attached hydrogens (tertiary/aromatic N) is 3. The molecule has 2 aromatic rings. The first-order valence-corrected chi connectivity index (χ1v) is 8.98. The number of fused-ring (bicyclic) bond motifs is 1. The zero-order valence-electron chi connectivity index (χ0n) is 15.2. The molecular weight excluding hydrogens is 386 g/mol. The Bertz CT molecular complexity index is 980. The molecular formula is C18H18F2N6O3. The number of halogens is 2. The molecule has 0 radical (unpaired) electrons. The van der Waals surface area contributed by atoms with Crippen molar-refractivity contribution in [3.05, 3.63) is 35.4 Å². The molecule has 0 spiro atoms. The summed E-state index contributed by atoms with van der Waals surface area (Å²) in [7, 11) is 0. The monoisotopic (exact) mass is 404 g/mol. The van der Waals surface area contributed by atoms with Gasteiger partial charge in [0.2, 0.25) is 17.8 Å². The molecule has 2 aliphatic rings. The molecule has 1 saturated heterocycles. The van der Waals surface area contributed by atoms with Crippen molar-refractivity contribution in [3.8, 4) is 0 Å². The first kappa shape index (κ1) is 19.0. The van der Waals surface area contributed by atoms with Crippen molar-refractivity contribution in [2.24, 2.45) is 0 Å². The molecule has 4 rings (SSSR count). The second-order valence-electron chi connectivity index (χ2n) is 6.69. The van der Waals surface area contributed by atoms with Gasteiger partial charge in [-0.15, -0.1) is 0 Å². The van der Waals surface area contributed by atoms with Gasteiger partial charge in [-0.25, -0.2) is 8.78 Å². The van der Waals surface area contributed by atoms with E-state index >= 15 is 0 Å². The molecule has 1 aromatic carbocycles. The van der Waals surface area contributed by atoms with Crippen LogP contribution >= 0.6 is 0 Å². The van der Waals surface area contributed by atoms with Crippen molar-refractivity contribution in [3.63, 3.8) is 0 Å². The Kier molecular flexibility index (Phi) is 4.97. The fourth-order valence-corrected chi connectivity index (χ4v) is 3.32. The van der Waals surface area contributed by atoms with E-state index in [0.717, 1.165) is 12.1 Å². The van der Waals surface area contributed by atoms with E-state index in [2.05, 4.69) is 20.6 Å². The number of benzene rings is 1. The highest BCUT2D eigenvalue weighted by Gasteiger charge is 2.35. The van der Waals surface area contributed by atoms with Crippen molar-refractivity contribution in [1.82, 2.24) is 9.97 Å². The van der Waals surface area contributed by atoms with E-state index in [-0.39, 0.29) is 23.7 Å². The quantitative estimate of drug-likeness (QED) is 0.703. The van der Waals surface area contributed by atoms with Crippen LogP contribution in [0.4, 0.5) is 32.1 Å². The highest BCUT2D eigenvalue weighted by Crippen LogP contribution is 2.36. The highest BCUT2D eigenvalue weighted by molar-refractivity contribution is 6.05. The lowest BCUT2D eigenvalue weighted by Gasteiger charge is -2.30. The number of nitrogens with one attached hydrogen (secondary N) is 2. The van der Waals surface area contributed by atoms with Gasteiger partial charge in [-0.3, -0.25) is 9.59 Å². The van der Waals surface area contributed by atoms with Gasteiger partial charge in [-0.2, -0.15) is 9.97 Å². The maximum Gasteiger partial charge on any atom is 0.232 e. The van der Waals surface area contributed by atoms with E-state index in [4.69, 9.17) is 10.5 Å². The fourth-order valence-electron chi connectivity index (χ4n) is 3.32. The Balaban J connectivity index is 1.63. The molecule has 3 heterocycles. The van der Waals surface area contributed by atoms with E-state index in [1.54, 1.807) is 0 Å². The standard InChI is InChI=1S/C18H18F2N6O3/c19-11-2-1-9(7-12(11)20)22-17(28)10-8-13(27)23-16-14(10)15(21)24-18(25-16)26-3-5-29-6-4-26/h1-2,7,10H,3-6,8H2,(H,22,28)(H3,21,23,24,25,27)/t10-/m0/s1. The summed E-state index contributed by atoms with van der Waals surface area (Å²) in [5.74, 6) is -3.52. The van der Waals surface area contributed by atoms with Gasteiger partial charge in [0.15, 0.2) is 11.6 Å². The van der Waals surface area contributed by atoms with E-state index in [1.807, 2.05) is 4.90 Å². The molecule has 11 heteroatoms. The lowest BCUT2D eigenvalue weighted by Crippen LogP contribution is -2.38. The maximum atomic E-state index is 13.4. The Morgan fingerprint density at radius 2 is 2.00 bits per heavy atom. The van der Waals surface area contributed by atoms with Crippen molar-refractivity contribution in [1.29, 1.82) is 0 Å². The summed E-state index contributed by atoms with van der Waals surface area (Å²) in [5, 5.41) is 5.11. The van der Waals surface area contributed by atoms with Crippen LogP contribution in [0.3, 0.4) is 0 Å². The van der Waals surface area contributed by atoms with Gasteiger partial charge < -0.3 is 26.0 Å². The number of anilines is 4. The van der Waals surface area contributed by atoms with Gasteiger partial charge in [-0.1, -0.05) is 0 Å². The van der Waals surface area contributed by atoms with Crippen LogP contribution in [0.25, 0.3) is 0 Å². The van der Waals surface area contributed by atoms with E-state index in [1.165, 1.54) is 6.07 Å². The zero-order chi connectivity index (χ0) is 20.5. The topological polar surface area (TPSA) is 122 Å². The van der Waals surface area contributed by atoms with E-state index in [9.17, 15) is 18.4 Å². The number of rotatable bonds is 3. The minimum absolute atomic E-state index is 0.0610. The second kappa shape index (κ2) is 7.59. The van der Waals surface area contributed by atoms with Gasteiger partial charge >= 0.3 is 0 Å². The van der Waals surface area contributed by atoms with Crippen molar-refractivity contribution >= 4 is 35.1 Å². The van der Waals surface area contributed by atoms with E-state index < -0.39 is 29.4 Å². The molecule has 1 aromatic heterocycles. The third-order valence-corrected chi connectivity index (χ3v) is 4.76. The van der Waals surface area contributed by atoms with Crippen molar-refractivity contribution < 1.29 is 23.1 Å². The van der Waals surface area contributed by atoms with Crippen LogP contribution in [0.2, 0.25) is 0 Å². The fraction of sp³-hybridized carbons (Fsp3) is 0.333.